The lowest BCUT2D eigenvalue weighted by Gasteiger charge is -2.46. The van der Waals surface area contributed by atoms with Gasteiger partial charge in [0.15, 0.2) is 0 Å². The third kappa shape index (κ3) is 2.56. The number of nitrogens with zero attached hydrogens (tertiary/aromatic N) is 1. The van der Waals surface area contributed by atoms with E-state index < -0.39 is 0 Å². The first-order valence-electron chi connectivity index (χ1n) is 6.63. The molecule has 1 nitrogen and oxygen atoms in total. The van der Waals surface area contributed by atoms with Crippen molar-refractivity contribution in [1.29, 1.82) is 0 Å². The van der Waals surface area contributed by atoms with Gasteiger partial charge in [-0.1, -0.05) is 40.7 Å². The Morgan fingerprint density at radius 3 is 2.25 bits per heavy atom. The summed E-state index contributed by atoms with van der Waals surface area (Å²) in [6, 6.07) is 0. The summed E-state index contributed by atoms with van der Waals surface area (Å²) < 4.78 is 0. The lowest BCUT2D eigenvalue weighted by molar-refractivity contribution is 0.155. The molecule has 1 fully saturated rings. The molecule has 0 radical (unpaired) electrons. The Morgan fingerprint density at radius 1 is 1.31 bits per heavy atom. The monoisotopic (exact) mass is 221 g/mol. The van der Waals surface area contributed by atoms with Gasteiger partial charge >= 0.3 is 0 Å². The Hall–Kier alpha value is -0.590. The Kier molecular flexibility index (Phi) is 4.35. The molecule has 1 rings (SSSR count). The van der Waals surface area contributed by atoms with E-state index in [0.29, 0.717) is 5.92 Å². The summed E-state index contributed by atoms with van der Waals surface area (Å²) in [5, 5.41) is 0. The molecule has 2 atom stereocenters. The predicted octanol–water partition coefficient (Wildman–Crippen LogP) is 4.69. The second-order valence-corrected chi connectivity index (χ2v) is 5.95. The van der Waals surface area contributed by atoms with Crippen molar-refractivity contribution in [3.8, 4) is 0 Å². The van der Waals surface area contributed by atoms with Crippen LogP contribution in [0.25, 0.3) is 0 Å². The third-order valence-corrected chi connectivity index (χ3v) is 4.23. The van der Waals surface area contributed by atoms with Crippen molar-refractivity contribution in [2.24, 2.45) is 28.2 Å². The minimum absolute atomic E-state index is 0.243. The SMILES string of the molecule is C/C=C\N=C(C1C(C)CC1C)C(C)(C)CC. The van der Waals surface area contributed by atoms with E-state index in [1.807, 2.05) is 19.2 Å². The maximum Gasteiger partial charge on any atom is 0.0271 e. The fraction of sp³-hybridized carbons (Fsp3) is 0.800. The Labute approximate surface area is 101 Å². The standard InChI is InChI=1S/C15H27N/c1-7-9-16-14(15(5,6)8-2)13-11(3)10-12(13)4/h7,9,11-13H,8,10H2,1-6H3/b9-7-,16-14?. The fourth-order valence-corrected chi connectivity index (χ4v) is 2.83. The van der Waals surface area contributed by atoms with Crippen LogP contribution in [-0.4, -0.2) is 5.71 Å². The van der Waals surface area contributed by atoms with Gasteiger partial charge in [0, 0.05) is 23.2 Å². The topological polar surface area (TPSA) is 12.4 Å². The zero-order chi connectivity index (χ0) is 12.3. The average Bonchev–Trinajstić information content (AvgIpc) is 2.23. The Balaban J connectivity index is 2.96. The molecule has 0 spiro atoms. The van der Waals surface area contributed by atoms with Crippen LogP contribution in [0.4, 0.5) is 0 Å². The molecule has 0 bridgehead atoms. The van der Waals surface area contributed by atoms with Crippen molar-refractivity contribution in [3.63, 3.8) is 0 Å². The van der Waals surface area contributed by atoms with E-state index in [1.54, 1.807) is 0 Å². The first-order chi connectivity index (χ1) is 7.44. The van der Waals surface area contributed by atoms with E-state index in [4.69, 9.17) is 4.99 Å². The summed E-state index contributed by atoms with van der Waals surface area (Å²) in [7, 11) is 0. The van der Waals surface area contributed by atoms with E-state index in [9.17, 15) is 0 Å². The van der Waals surface area contributed by atoms with Gasteiger partial charge in [-0.3, -0.25) is 4.99 Å². The number of hydrogen-bond acceptors (Lipinski definition) is 1. The van der Waals surface area contributed by atoms with E-state index in [2.05, 4.69) is 34.6 Å². The maximum absolute atomic E-state index is 4.74. The molecule has 0 aromatic carbocycles. The predicted molar refractivity (Wildman–Crippen MR) is 72.8 cm³/mol. The van der Waals surface area contributed by atoms with Crippen LogP contribution in [0.2, 0.25) is 0 Å². The highest BCUT2D eigenvalue weighted by Crippen LogP contribution is 2.45. The Bertz CT molecular complexity index is 278. The van der Waals surface area contributed by atoms with Gasteiger partial charge in [0.2, 0.25) is 0 Å². The van der Waals surface area contributed by atoms with Crippen molar-refractivity contribution in [1.82, 2.24) is 0 Å². The van der Waals surface area contributed by atoms with Crippen LogP contribution in [0.5, 0.6) is 0 Å². The van der Waals surface area contributed by atoms with Crippen LogP contribution in [0.3, 0.4) is 0 Å². The van der Waals surface area contributed by atoms with Gasteiger partial charge in [-0.15, -0.1) is 0 Å². The van der Waals surface area contributed by atoms with Crippen molar-refractivity contribution >= 4 is 5.71 Å². The number of hydrogen-bond donors (Lipinski definition) is 0. The minimum Gasteiger partial charge on any atom is -0.265 e. The molecule has 1 aliphatic carbocycles. The highest BCUT2D eigenvalue weighted by molar-refractivity contribution is 5.93. The summed E-state index contributed by atoms with van der Waals surface area (Å²) >= 11 is 0. The number of aliphatic imine (C=N–C) groups is 1. The molecule has 0 heterocycles. The van der Waals surface area contributed by atoms with Crippen LogP contribution in [0.15, 0.2) is 17.3 Å². The first kappa shape index (κ1) is 13.5. The quantitative estimate of drug-likeness (QED) is 0.611. The fourth-order valence-electron chi connectivity index (χ4n) is 2.83. The molecule has 1 saturated carbocycles. The number of allylic oxidation sites excluding steroid dienone is 1. The average molecular weight is 221 g/mol. The molecule has 0 saturated heterocycles. The largest absolute Gasteiger partial charge is 0.265 e. The van der Waals surface area contributed by atoms with Crippen molar-refractivity contribution in [2.75, 3.05) is 0 Å². The van der Waals surface area contributed by atoms with Gasteiger partial charge in [0.25, 0.3) is 0 Å². The van der Waals surface area contributed by atoms with Gasteiger partial charge in [-0.25, -0.2) is 0 Å². The summed E-state index contributed by atoms with van der Waals surface area (Å²) in [6.45, 7) is 13.7. The molecule has 16 heavy (non-hydrogen) atoms. The van der Waals surface area contributed by atoms with Crippen LogP contribution < -0.4 is 0 Å². The smallest absolute Gasteiger partial charge is 0.0271 e. The first-order valence-corrected chi connectivity index (χ1v) is 6.63. The van der Waals surface area contributed by atoms with E-state index in [-0.39, 0.29) is 5.41 Å². The molecule has 0 aromatic rings. The Morgan fingerprint density at radius 2 is 1.88 bits per heavy atom. The maximum atomic E-state index is 4.74. The summed E-state index contributed by atoms with van der Waals surface area (Å²) in [4.78, 5) is 4.74. The van der Waals surface area contributed by atoms with E-state index in [1.165, 1.54) is 18.6 Å². The highest BCUT2D eigenvalue weighted by Gasteiger charge is 2.42. The second kappa shape index (κ2) is 5.16. The van der Waals surface area contributed by atoms with Crippen molar-refractivity contribution in [3.05, 3.63) is 12.3 Å². The summed E-state index contributed by atoms with van der Waals surface area (Å²) in [5.74, 6) is 2.32. The summed E-state index contributed by atoms with van der Waals surface area (Å²) in [5.41, 5.74) is 1.66. The molecule has 1 heteroatoms. The van der Waals surface area contributed by atoms with Crippen LogP contribution in [-0.2, 0) is 0 Å². The van der Waals surface area contributed by atoms with Gasteiger partial charge in [0.1, 0.15) is 0 Å². The summed E-state index contributed by atoms with van der Waals surface area (Å²) in [6.07, 6.45) is 6.52. The zero-order valence-electron chi connectivity index (χ0n) is 11.7. The van der Waals surface area contributed by atoms with Gasteiger partial charge in [-0.2, -0.15) is 0 Å². The lowest BCUT2D eigenvalue weighted by atomic mass is 9.59. The lowest BCUT2D eigenvalue weighted by Crippen LogP contribution is -2.44. The molecule has 1 aliphatic rings. The molecule has 92 valence electrons. The van der Waals surface area contributed by atoms with Gasteiger partial charge in [-0.05, 0) is 31.6 Å². The van der Waals surface area contributed by atoms with Crippen LogP contribution in [0.1, 0.15) is 54.4 Å². The molecule has 0 aliphatic heterocycles. The normalized spacial score (nSPS) is 31.9. The zero-order valence-corrected chi connectivity index (χ0v) is 11.7. The van der Waals surface area contributed by atoms with Crippen LogP contribution in [0, 0.1) is 23.2 Å². The van der Waals surface area contributed by atoms with Crippen LogP contribution >= 0.6 is 0 Å². The van der Waals surface area contributed by atoms with Gasteiger partial charge < -0.3 is 0 Å². The molecule has 0 N–H and O–H groups in total. The second-order valence-electron chi connectivity index (χ2n) is 5.95. The van der Waals surface area contributed by atoms with Crippen molar-refractivity contribution in [2.45, 2.75) is 54.4 Å². The number of rotatable bonds is 4. The third-order valence-electron chi connectivity index (χ3n) is 4.23. The highest BCUT2D eigenvalue weighted by atomic mass is 14.8. The molecule has 0 amide bonds. The molecular formula is C15H27N. The van der Waals surface area contributed by atoms with Crippen molar-refractivity contribution < 1.29 is 0 Å². The van der Waals surface area contributed by atoms with Gasteiger partial charge in [0.05, 0.1) is 0 Å². The van der Waals surface area contributed by atoms with E-state index in [0.717, 1.165) is 11.8 Å². The molecule has 2 unspecified atom stereocenters. The molecular weight excluding hydrogens is 194 g/mol. The van der Waals surface area contributed by atoms with E-state index >= 15 is 0 Å². The minimum atomic E-state index is 0.243. The molecule has 0 aromatic heterocycles.